The summed E-state index contributed by atoms with van der Waals surface area (Å²) in [5.74, 6) is 1.04. The smallest absolute Gasteiger partial charge is 0.247 e. The van der Waals surface area contributed by atoms with Crippen LogP contribution in [0.5, 0.6) is 5.75 Å². The Morgan fingerprint density at radius 1 is 1.05 bits per heavy atom. The molecule has 0 radical (unpaired) electrons. The second-order valence-electron chi connectivity index (χ2n) is 11.0. The highest BCUT2D eigenvalue weighted by Gasteiger charge is 2.30. The first kappa shape index (κ1) is 29.8. The number of methoxy groups -OCH3 is 1. The van der Waals surface area contributed by atoms with Crippen molar-refractivity contribution < 1.29 is 23.5 Å². The molecule has 0 spiro atoms. The minimum atomic E-state index is -0.301. The maximum absolute atomic E-state index is 14.0. The molecule has 1 aromatic heterocycles. The molecule has 1 atom stereocenters. The number of nitrogens with zero attached hydrogens (tertiary/aromatic N) is 5. The molecule has 6 rings (SSSR count). The number of rotatable bonds is 9. The quantitative estimate of drug-likeness (QED) is 0.335. The predicted molar refractivity (Wildman–Crippen MR) is 167 cm³/mol. The Bertz CT molecular complexity index is 1480. The van der Waals surface area contributed by atoms with Crippen LogP contribution in [-0.2, 0) is 14.4 Å². The van der Waals surface area contributed by atoms with E-state index in [0.29, 0.717) is 47.8 Å². The Labute approximate surface area is 256 Å². The largest absolute Gasteiger partial charge is 0.494 e. The Hall–Kier alpha value is -4.26. The van der Waals surface area contributed by atoms with Crippen molar-refractivity contribution in [1.82, 2.24) is 14.9 Å². The van der Waals surface area contributed by atoms with Crippen LogP contribution in [-0.4, -0.2) is 79.9 Å². The van der Waals surface area contributed by atoms with E-state index < -0.39 is 0 Å². The Balaban J connectivity index is 1.24. The van der Waals surface area contributed by atoms with Gasteiger partial charge in [0.25, 0.3) is 0 Å². The molecule has 0 bridgehead atoms. The molecule has 0 saturated carbocycles. The van der Waals surface area contributed by atoms with Gasteiger partial charge in [-0.1, -0.05) is 18.7 Å². The average molecular weight is 604 g/mol. The van der Waals surface area contributed by atoms with Crippen LogP contribution in [0.4, 0.5) is 33.1 Å². The highest BCUT2D eigenvalue weighted by molar-refractivity contribution is 6.02. The summed E-state index contributed by atoms with van der Waals surface area (Å²) < 4.78 is 25.3. The van der Waals surface area contributed by atoms with Crippen molar-refractivity contribution in [3.63, 3.8) is 0 Å². The van der Waals surface area contributed by atoms with E-state index >= 15 is 0 Å². The number of anilines is 5. The number of hydroxylamine groups is 1. The Morgan fingerprint density at radius 3 is 2.61 bits per heavy atom. The maximum Gasteiger partial charge on any atom is 0.247 e. The van der Waals surface area contributed by atoms with Crippen LogP contribution in [0, 0.1) is 5.82 Å². The van der Waals surface area contributed by atoms with Crippen molar-refractivity contribution in [1.29, 1.82) is 0 Å². The number of halogens is 1. The molecule has 1 amide bonds. The van der Waals surface area contributed by atoms with Crippen LogP contribution in [0.15, 0.2) is 61.4 Å². The molecule has 4 heterocycles. The molecular weight excluding hydrogens is 565 g/mol. The summed E-state index contributed by atoms with van der Waals surface area (Å²) in [4.78, 5) is 32.0. The summed E-state index contributed by atoms with van der Waals surface area (Å²) in [6, 6.07) is 12.4. The monoisotopic (exact) mass is 603 g/mol. The van der Waals surface area contributed by atoms with E-state index in [4.69, 9.17) is 14.3 Å². The number of carbonyl (C=O) groups excluding carboxylic acids is 1. The zero-order valence-corrected chi connectivity index (χ0v) is 24.9. The zero-order valence-electron chi connectivity index (χ0n) is 24.9. The third-order valence-corrected chi connectivity index (χ3v) is 8.41. The lowest BCUT2D eigenvalue weighted by molar-refractivity contribution is -0.111. The van der Waals surface area contributed by atoms with Gasteiger partial charge in [0, 0.05) is 50.8 Å². The highest BCUT2D eigenvalue weighted by atomic mass is 19.1. The molecule has 3 aromatic rings. The number of aromatic nitrogens is 2. The number of hydrogen-bond acceptors (Lipinski definition) is 10. The van der Waals surface area contributed by atoms with Gasteiger partial charge >= 0.3 is 0 Å². The number of benzene rings is 2. The van der Waals surface area contributed by atoms with E-state index in [2.05, 4.69) is 37.0 Å². The lowest BCUT2D eigenvalue weighted by Crippen LogP contribution is -2.49. The van der Waals surface area contributed by atoms with Crippen molar-refractivity contribution in [2.45, 2.75) is 31.3 Å². The van der Waals surface area contributed by atoms with Crippen molar-refractivity contribution in [2.24, 2.45) is 0 Å². The molecule has 12 heteroatoms. The maximum atomic E-state index is 14.0. The fourth-order valence-electron chi connectivity index (χ4n) is 6.18. The zero-order chi connectivity index (χ0) is 30.5. The summed E-state index contributed by atoms with van der Waals surface area (Å²) in [7, 11) is 1.62. The first-order chi connectivity index (χ1) is 21.5. The van der Waals surface area contributed by atoms with Gasteiger partial charge in [-0.3, -0.25) is 14.5 Å². The number of amides is 1. The number of hydrogen-bond donors (Lipinski definition) is 2. The number of ether oxygens (including phenoxy) is 2. The lowest BCUT2D eigenvalue weighted by Gasteiger charge is -2.41. The molecule has 44 heavy (non-hydrogen) atoms. The third kappa shape index (κ3) is 6.62. The Morgan fingerprint density at radius 2 is 1.86 bits per heavy atom. The second-order valence-corrected chi connectivity index (χ2v) is 11.0. The van der Waals surface area contributed by atoms with Gasteiger partial charge in [0.05, 0.1) is 50.0 Å². The second kappa shape index (κ2) is 13.6. The van der Waals surface area contributed by atoms with Gasteiger partial charge in [0.2, 0.25) is 5.91 Å². The van der Waals surface area contributed by atoms with Crippen LogP contribution in [0.25, 0.3) is 0 Å². The van der Waals surface area contributed by atoms with Gasteiger partial charge in [-0.2, -0.15) is 0 Å². The van der Waals surface area contributed by atoms with Crippen LogP contribution in [0.3, 0.4) is 0 Å². The van der Waals surface area contributed by atoms with Gasteiger partial charge in [-0.05, 0) is 42.7 Å². The number of morpholine rings is 1. The Kier molecular flexibility index (Phi) is 9.20. The summed E-state index contributed by atoms with van der Waals surface area (Å²) in [5, 5.41) is 8.00. The van der Waals surface area contributed by atoms with E-state index in [0.717, 1.165) is 63.5 Å². The highest BCUT2D eigenvalue weighted by Crippen LogP contribution is 2.40. The minimum Gasteiger partial charge on any atom is -0.494 e. The van der Waals surface area contributed by atoms with Crippen molar-refractivity contribution in [3.8, 4) is 5.75 Å². The van der Waals surface area contributed by atoms with E-state index in [-0.39, 0.29) is 17.8 Å². The predicted octanol–water partition coefficient (Wildman–Crippen LogP) is 4.68. The van der Waals surface area contributed by atoms with Gasteiger partial charge < -0.3 is 25.0 Å². The number of nitrogens with one attached hydrogen (secondary N) is 2. The average Bonchev–Trinajstić information content (AvgIpc) is 3.56. The van der Waals surface area contributed by atoms with E-state index in [1.165, 1.54) is 24.5 Å². The van der Waals surface area contributed by atoms with Crippen LogP contribution >= 0.6 is 0 Å². The van der Waals surface area contributed by atoms with Gasteiger partial charge in [0.1, 0.15) is 23.7 Å². The first-order valence-electron chi connectivity index (χ1n) is 15.0. The standard InChI is InChI=1S/C32H38FN7O4/c1-3-32(41)37-25-18-26(29(42-2)19-28(25)39-10-7-24(8-11-39)38-12-15-43-16-13-38)36-30-20-31(35-21-34-30)40-27(9-14-44-40)22-5-4-6-23(33)17-22/h3-6,17-21,24,27H,1,7-16H2,2H3,(H,37,41)(H,34,35,36). The number of carbonyl (C=O) groups is 1. The molecule has 3 saturated heterocycles. The van der Waals surface area contributed by atoms with Gasteiger partial charge in [-0.25, -0.2) is 19.4 Å². The fraction of sp³-hybridized carbons (Fsp3) is 0.406. The molecule has 3 aliphatic heterocycles. The summed E-state index contributed by atoms with van der Waals surface area (Å²) in [6.45, 7) is 9.34. The molecule has 3 fully saturated rings. The molecule has 0 aliphatic carbocycles. The van der Waals surface area contributed by atoms with Gasteiger partial charge in [0.15, 0.2) is 5.82 Å². The van der Waals surface area contributed by atoms with Crippen molar-refractivity contribution in [3.05, 3.63) is 72.8 Å². The van der Waals surface area contributed by atoms with Crippen LogP contribution < -0.4 is 25.3 Å². The lowest BCUT2D eigenvalue weighted by atomic mass is 10.0. The normalized spacial score (nSPS) is 19.5. The van der Waals surface area contributed by atoms with Crippen molar-refractivity contribution in [2.75, 3.05) is 73.7 Å². The minimum absolute atomic E-state index is 0.185. The van der Waals surface area contributed by atoms with E-state index in [1.54, 1.807) is 24.3 Å². The van der Waals surface area contributed by atoms with Crippen LogP contribution in [0.1, 0.15) is 30.9 Å². The molecule has 2 N–H and O–H groups in total. The first-order valence-corrected chi connectivity index (χ1v) is 15.0. The van der Waals surface area contributed by atoms with Crippen molar-refractivity contribution >= 4 is 34.6 Å². The third-order valence-electron chi connectivity index (χ3n) is 8.41. The SMILES string of the molecule is C=CC(=O)Nc1cc(Nc2cc(N3OCCC3c3cccc(F)c3)ncn2)c(OC)cc1N1CCC(N2CCOCC2)CC1. The summed E-state index contributed by atoms with van der Waals surface area (Å²) in [5.41, 5.74) is 2.96. The van der Waals surface area contributed by atoms with Crippen LogP contribution in [0.2, 0.25) is 0 Å². The topological polar surface area (TPSA) is 104 Å². The molecular formula is C32H38FN7O4. The molecule has 1 unspecified atom stereocenters. The number of piperidine rings is 1. The van der Waals surface area contributed by atoms with E-state index in [1.807, 2.05) is 18.2 Å². The van der Waals surface area contributed by atoms with E-state index in [9.17, 15) is 9.18 Å². The molecule has 11 nitrogen and oxygen atoms in total. The summed E-state index contributed by atoms with van der Waals surface area (Å²) >= 11 is 0. The molecule has 3 aliphatic rings. The molecule has 232 valence electrons. The summed E-state index contributed by atoms with van der Waals surface area (Å²) in [6.07, 6.45) is 5.45. The van der Waals surface area contributed by atoms with Gasteiger partial charge in [-0.15, -0.1) is 0 Å². The molecule has 2 aromatic carbocycles. The fourth-order valence-corrected chi connectivity index (χ4v) is 6.18.